The number of esters is 1. The molecule has 0 aliphatic heterocycles. The van der Waals surface area contributed by atoms with Crippen molar-refractivity contribution in [3.05, 3.63) is 218 Å². The summed E-state index contributed by atoms with van der Waals surface area (Å²) in [6.07, 6.45) is 2.33. The van der Waals surface area contributed by atoms with Gasteiger partial charge in [-0.1, -0.05) is 185 Å². The number of carbonyl (C=O) groups excluding carboxylic acids is 1. The zero-order valence-corrected chi connectivity index (χ0v) is 30.0. The fraction of sp³-hybridized carbons (Fsp3) is 0.188. The highest BCUT2D eigenvalue weighted by atomic mass is 16.5. The molecule has 6 aromatic rings. The van der Waals surface area contributed by atoms with E-state index in [2.05, 4.69) is 169 Å². The summed E-state index contributed by atoms with van der Waals surface area (Å²) in [6, 6.07) is 51.1. The first kappa shape index (κ1) is 34.4. The molecule has 0 aromatic heterocycles. The summed E-state index contributed by atoms with van der Waals surface area (Å²) < 4.78 is 6.64. The fourth-order valence-corrected chi connectivity index (χ4v) is 6.54. The Bertz CT molecular complexity index is 1930. The molecule has 2 heteroatoms. The van der Waals surface area contributed by atoms with Gasteiger partial charge in [0.2, 0.25) is 0 Å². The summed E-state index contributed by atoms with van der Waals surface area (Å²) in [4.78, 5) is 14.6. The number of ether oxygens (including phenoxy) is 1. The van der Waals surface area contributed by atoms with Crippen LogP contribution in [0, 0.1) is 41.5 Å². The molecule has 6 aromatic carbocycles. The number of rotatable bonds is 10. The maximum Gasteiger partial charge on any atom is 0.317 e. The van der Waals surface area contributed by atoms with Crippen molar-refractivity contribution in [3.63, 3.8) is 0 Å². The van der Waals surface area contributed by atoms with Crippen LogP contribution in [0.4, 0.5) is 0 Å². The van der Waals surface area contributed by atoms with E-state index in [0.717, 1.165) is 50.1 Å². The molecule has 0 aliphatic rings. The Morgan fingerprint density at radius 1 is 0.480 bits per heavy atom. The molecule has 2 nitrogen and oxygen atoms in total. The van der Waals surface area contributed by atoms with E-state index in [1.54, 1.807) is 0 Å². The monoisotopic (exact) mass is 654 g/mol. The van der Waals surface area contributed by atoms with E-state index in [1.165, 1.54) is 22.3 Å². The van der Waals surface area contributed by atoms with Crippen molar-refractivity contribution in [2.75, 3.05) is 6.61 Å². The molecular weight excluding hydrogens is 609 g/mol. The van der Waals surface area contributed by atoms with Crippen LogP contribution in [-0.2, 0) is 14.9 Å². The predicted molar refractivity (Wildman–Crippen MR) is 208 cm³/mol. The molecule has 0 radical (unpaired) electrons. The number of hydrogen-bond acceptors (Lipinski definition) is 2. The summed E-state index contributed by atoms with van der Waals surface area (Å²) in [7, 11) is 0. The van der Waals surface area contributed by atoms with Crippen LogP contribution >= 0.6 is 0 Å². The number of carbonyl (C=O) groups is 1. The van der Waals surface area contributed by atoms with Crippen LogP contribution in [0.2, 0.25) is 0 Å². The Hall–Kier alpha value is -5.47. The Balaban J connectivity index is 1.55. The van der Waals surface area contributed by atoms with Crippen molar-refractivity contribution < 1.29 is 9.53 Å². The van der Waals surface area contributed by atoms with E-state index in [9.17, 15) is 4.79 Å². The van der Waals surface area contributed by atoms with Gasteiger partial charge >= 0.3 is 5.97 Å². The van der Waals surface area contributed by atoms with Crippen molar-refractivity contribution in [1.82, 2.24) is 0 Å². The summed E-state index contributed by atoms with van der Waals surface area (Å²) >= 11 is 0. The Morgan fingerprint density at radius 3 is 1.12 bits per heavy atom. The molecule has 0 unspecified atom stereocenters. The van der Waals surface area contributed by atoms with Gasteiger partial charge in [0.1, 0.15) is 12.5 Å². The summed E-state index contributed by atoms with van der Waals surface area (Å²) in [6.45, 7) is 12.7. The van der Waals surface area contributed by atoms with Gasteiger partial charge in [-0.15, -0.1) is 0 Å². The number of hydrogen-bond donors (Lipinski definition) is 0. The topological polar surface area (TPSA) is 26.3 Å². The lowest BCUT2D eigenvalue weighted by molar-refractivity contribution is -0.145. The molecule has 0 saturated carbocycles. The largest absolute Gasteiger partial charge is 0.463 e. The van der Waals surface area contributed by atoms with Crippen LogP contribution in [0.5, 0.6) is 0 Å². The highest BCUT2D eigenvalue weighted by molar-refractivity contribution is 5.84. The van der Waals surface area contributed by atoms with Crippen molar-refractivity contribution >= 4 is 11.5 Å². The molecule has 0 saturated heterocycles. The third-order valence-corrected chi connectivity index (χ3v) is 9.75. The molecule has 50 heavy (non-hydrogen) atoms. The third-order valence-electron chi connectivity index (χ3n) is 9.75. The van der Waals surface area contributed by atoms with Crippen LogP contribution in [0.1, 0.15) is 72.7 Å². The van der Waals surface area contributed by atoms with Crippen LogP contribution in [-0.4, -0.2) is 12.6 Å². The van der Waals surface area contributed by atoms with E-state index < -0.39 is 11.3 Å². The van der Waals surface area contributed by atoms with E-state index in [-0.39, 0.29) is 12.6 Å². The second-order valence-electron chi connectivity index (χ2n) is 13.9. The molecule has 6 rings (SSSR count). The van der Waals surface area contributed by atoms with Crippen molar-refractivity contribution in [3.8, 4) is 0 Å². The van der Waals surface area contributed by atoms with E-state index >= 15 is 0 Å². The van der Waals surface area contributed by atoms with E-state index in [4.69, 9.17) is 4.74 Å². The standard InChI is InChI=1S/C48H46O2/c1-33-7-19-39(20-8-33)45(40-21-9-34(2)10-22-40)31-48(43-27-15-37(5)16-28-43,44-29-17-38(6)18-30-44)32-50-47(49)46(41-23-11-35(3)12-24-41)42-25-13-36(4)14-26-42/h7-31,46H,32H2,1-6H3. The molecule has 250 valence electrons. The predicted octanol–water partition coefficient (Wildman–Crippen LogP) is 11.3. The lowest BCUT2D eigenvalue weighted by Crippen LogP contribution is -2.34. The minimum atomic E-state index is -0.812. The molecule has 0 amide bonds. The Morgan fingerprint density at radius 2 is 0.780 bits per heavy atom. The van der Waals surface area contributed by atoms with Gasteiger partial charge in [-0.05, 0) is 80.5 Å². The van der Waals surface area contributed by atoms with Gasteiger partial charge in [0, 0.05) is 0 Å². The molecule has 0 fully saturated rings. The minimum absolute atomic E-state index is 0.118. The highest BCUT2D eigenvalue weighted by Crippen LogP contribution is 2.40. The lowest BCUT2D eigenvalue weighted by atomic mass is 9.72. The molecule has 0 spiro atoms. The highest BCUT2D eigenvalue weighted by Gasteiger charge is 2.37. The average Bonchev–Trinajstić information content (AvgIpc) is 3.12. The van der Waals surface area contributed by atoms with Crippen molar-refractivity contribution in [2.45, 2.75) is 52.9 Å². The smallest absolute Gasteiger partial charge is 0.317 e. The van der Waals surface area contributed by atoms with Crippen molar-refractivity contribution in [1.29, 1.82) is 0 Å². The first-order valence-electron chi connectivity index (χ1n) is 17.4. The van der Waals surface area contributed by atoms with Gasteiger partial charge < -0.3 is 4.74 Å². The third kappa shape index (κ3) is 7.71. The van der Waals surface area contributed by atoms with Crippen molar-refractivity contribution in [2.24, 2.45) is 0 Å². The van der Waals surface area contributed by atoms with Crippen LogP contribution < -0.4 is 0 Å². The SMILES string of the molecule is Cc1ccc(C(=CC(COC(=O)C(c2ccc(C)cc2)c2ccc(C)cc2)(c2ccc(C)cc2)c2ccc(C)cc2)c2ccc(C)cc2)cc1. The fourth-order valence-electron chi connectivity index (χ4n) is 6.54. The maximum atomic E-state index is 14.6. The Kier molecular flexibility index (Phi) is 10.3. The van der Waals surface area contributed by atoms with Crippen LogP contribution in [0.3, 0.4) is 0 Å². The van der Waals surface area contributed by atoms with Gasteiger partial charge in [0.25, 0.3) is 0 Å². The summed E-state index contributed by atoms with van der Waals surface area (Å²) in [5, 5.41) is 0. The van der Waals surface area contributed by atoms with Crippen LogP contribution in [0.25, 0.3) is 5.57 Å². The first-order valence-corrected chi connectivity index (χ1v) is 17.4. The summed E-state index contributed by atoms with van der Waals surface area (Å²) in [5.41, 5.74) is 13.4. The quantitative estimate of drug-likeness (QED) is 0.137. The zero-order valence-electron chi connectivity index (χ0n) is 30.0. The van der Waals surface area contributed by atoms with Gasteiger partial charge in [0.15, 0.2) is 0 Å². The lowest BCUT2D eigenvalue weighted by Gasteiger charge is -2.34. The van der Waals surface area contributed by atoms with Gasteiger partial charge in [-0.3, -0.25) is 4.79 Å². The van der Waals surface area contributed by atoms with Gasteiger partial charge in [-0.2, -0.15) is 0 Å². The van der Waals surface area contributed by atoms with Gasteiger partial charge in [0.05, 0.1) is 5.41 Å². The van der Waals surface area contributed by atoms with E-state index in [0.29, 0.717) is 0 Å². The molecule has 0 N–H and O–H groups in total. The normalized spacial score (nSPS) is 11.3. The van der Waals surface area contributed by atoms with Gasteiger partial charge in [-0.25, -0.2) is 0 Å². The van der Waals surface area contributed by atoms with E-state index in [1.807, 2.05) is 24.3 Å². The van der Waals surface area contributed by atoms with Crippen LogP contribution in [0.15, 0.2) is 152 Å². The first-order chi connectivity index (χ1) is 24.1. The molecule has 0 atom stereocenters. The molecular formula is C48H46O2. The Labute approximate surface area is 298 Å². The number of aryl methyl sites for hydroxylation is 6. The average molecular weight is 655 g/mol. The molecule has 0 heterocycles. The summed E-state index contributed by atoms with van der Waals surface area (Å²) in [5.74, 6) is -0.843. The second-order valence-corrected chi connectivity index (χ2v) is 13.9. The minimum Gasteiger partial charge on any atom is -0.463 e. The maximum absolute atomic E-state index is 14.6. The molecule has 0 aliphatic carbocycles. The molecule has 0 bridgehead atoms. The zero-order chi connectivity index (χ0) is 35.3. The number of benzene rings is 6. The second kappa shape index (κ2) is 15.0.